The lowest BCUT2D eigenvalue weighted by Crippen LogP contribution is -2.46. The van der Waals surface area contributed by atoms with E-state index >= 15 is 0 Å². The monoisotopic (exact) mass is 323 g/mol. The molecule has 1 saturated carbocycles. The summed E-state index contributed by atoms with van der Waals surface area (Å²) in [5.74, 6) is 1.06. The molecule has 3 aliphatic rings. The third-order valence-electron chi connectivity index (χ3n) is 5.47. The molecular formula is C20H25N3O. The number of aliphatic imine (C=N–C) groups is 1. The van der Waals surface area contributed by atoms with Crippen molar-refractivity contribution >= 4 is 17.9 Å². The highest BCUT2D eigenvalue weighted by Gasteiger charge is 2.54. The molecule has 0 bridgehead atoms. The molecule has 2 N–H and O–H groups in total. The highest BCUT2D eigenvalue weighted by Crippen LogP contribution is 2.49. The van der Waals surface area contributed by atoms with Gasteiger partial charge in [-0.05, 0) is 59.8 Å². The van der Waals surface area contributed by atoms with Crippen LogP contribution in [0.4, 0.5) is 0 Å². The average molecular weight is 323 g/mol. The predicted octanol–water partition coefficient (Wildman–Crippen LogP) is 3.06. The Hall–Kier alpha value is -2.10. The molecule has 126 valence electrons. The van der Waals surface area contributed by atoms with Crippen LogP contribution in [-0.2, 0) is 16.8 Å². The lowest BCUT2D eigenvalue weighted by Gasteiger charge is -2.41. The Balaban J connectivity index is 1.84. The highest BCUT2D eigenvalue weighted by molar-refractivity contribution is 6.07. The lowest BCUT2D eigenvalue weighted by molar-refractivity contribution is -0.132. The number of nitrogens with two attached hydrogens (primary N) is 1. The Labute approximate surface area is 143 Å². The number of amides is 1. The van der Waals surface area contributed by atoms with Gasteiger partial charge in [0, 0.05) is 7.05 Å². The van der Waals surface area contributed by atoms with Gasteiger partial charge < -0.3 is 5.73 Å². The molecule has 1 spiro atoms. The van der Waals surface area contributed by atoms with E-state index in [0.29, 0.717) is 12.4 Å². The fourth-order valence-corrected chi connectivity index (χ4v) is 4.13. The maximum atomic E-state index is 13.0. The molecule has 1 atom stereocenters. The van der Waals surface area contributed by atoms with Crippen LogP contribution >= 0.6 is 0 Å². The van der Waals surface area contributed by atoms with Gasteiger partial charge in [0.05, 0.1) is 0 Å². The Kier molecular flexibility index (Phi) is 3.18. The second-order valence-electron chi connectivity index (χ2n) is 8.33. The minimum atomic E-state index is -0.848. The first-order chi connectivity index (χ1) is 11.3. The second kappa shape index (κ2) is 4.95. The highest BCUT2D eigenvalue weighted by atomic mass is 16.2. The number of fused-ring (bicyclic) bond motifs is 2. The summed E-state index contributed by atoms with van der Waals surface area (Å²) in [4.78, 5) is 19.2. The Morgan fingerprint density at radius 3 is 2.71 bits per heavy atom. The third kappa shape index (κ3) is 2.36. The molecule has 2 aliphatic carbocycles. The molecule has 1 aromatic carbocycles. The van der Waals surface area contributed by atoms with E-state index in [9.17, 15) is 4.79 Å². The summed E-state index contributed by atoms with van der Waals surface area (Å²) in [6, 6.07) is 6.47. The zero-order chi connectivity index (χ0) is 17.1. The van der Waals surface area contributed by atoms with E-state index < -0.39 is 5.54 Å². The Bertz CT molecular complexity index is 773. The maximum absolute atomic E-state index is 13.0. The number of hydrogen-bond donors (Lipinski definition) is 1. The third-order valence-corrected chi connectivity index (χ3v) is 5.47. The van der Waals surface area contributed by atoms with Crippen LogP contribution in [0.2, 0.25) is 0 Å². The molecule has 0 aromatic heterocycles. The molecule has 4 nitrogen and oxygen atoms in total. The van der Waals surface area contributed by atoms with Gasteiger partial charge in [0.25, 0.3) is 5.91 Å². The van der Waals surface area contributed by atoms with Crippen molar-refractivity contribution in [3.05, 3.63) is 41.0 Å². The van der Waals surface area contributed by atoms with E-state index in [1.807, 2.05) is 0 Å². The maximum Gasteiger partial charge on any atom is 0.261 e. The summed E-state index contributed by atoms with van der Waals surface area (Å²) in [5.41, 5.74) is 8.58. The zero-order valence-corrected chi connectivity index (χ0v) is 14.7. The van der Waals surface area contributed by atoms with Crippen LogP contribution in [0.1, 0.15) is 49.8 Å². The number of rotatable bonds is 2. The second-order valence-corrected chi connectivity index (χ2v) is 8.33. The van der Waals surface area contributed by atoms with Gasteiger partial charge in [-0.15, -0.1) is 0 Å². The summed E-state index contributed by atoms with van der Waals surface area (Å²) >= 11 is 0. The number of benzene rings is 1. The van der Waals surface area contributed by atoms with Crippen molar-refractivity contribution in [2.75, 3.05) is 7.05 Å². The molecule has 24 heavy (non-hydrogen) atoms. The zero-order valence-electron chi connectivity index (χ0n) is 14.7. The molecule has 1 unspecified atom stereocenters. The Morgan fingerprint density at radius 2 is 2.08 bits per heavy atom. The van der Waals surface area contributed by atoms with Gasteiger partial charge in [-0.25, -0.2) is 4.99 Å². The van der Waals surface area contributed by atoms with Crippen molar-refractivity contribution in [2.24, 2.45) is 22.1 Å². The smallest absolute Gasteiger partial charge is 0.261 e. The van der Waals surface area contributed by atoms with Crippen molar-refractivity contribution in [1.29, 1.82) is 0 Å². The largest absolute Gasteiger partial charge is 0.369 e. The lowest BCUT2D eigenvalue weighted by atomic mass is 9.65. The molecule has 0 radical (unpaired) electrons. The molecule has 0 saturated heterocycles. The van der Waals surface area contributed by atoms with Crippen LogP contribution in [0.3, 0.4) is 0 Å². The van der Waals surface area contributed by atoms with Crippen molar-refractivity contribution in [1.82, 2.24) is 4.90 Å². The predicted molar refractivity (Wildman–Crippen MR) is 96.4 cm³/mol. The minimum absolute atomic E-state index is 0.00246. The molecule has 4 rings (SSSR count). The minimum Gasteiger partial charge on any atom is -0.369 e. The molecule has 1 aromatic rings. The van der Waals surface area contributed by atoms with Crippen LogP contribution in [-0.4, -0.2) is 23.8 Å². The standard InChI is InChI=1S/C20H25N3O/c1-19(2)11-15-9-8-14(7-6-13-4-5-13)10-16(15)20(12-19)17(24)23(3)18(21)22-20/h6-10,13H,4-5,11-12H2,1-3H3,(H2,21,22). The van der Waals surface area contributed by atoms with Gasteiger partial charge in [0.15, 0.2) is 11.5 Å². The van der Waals surface area contributed by atoms with Crippen molar-refractivity contribution in [3.63, 3.8) is 0 Å². The number of likely N-dealkylation sites (N-methyl/N-ethyl adjacent to an activating group) is 1. The van der Waals surface area contributed by atoms with Crippen LogP contribution in [0, 0.1) is 11.3 Å². The van der Waals surface area contributed by atoms with E-state index in [1.54, 1.807) is 7.05 Å². The summed E-state index contributed by atoms with van der Waals surface area (Å²) < 4.78 is 0. The van der Waals surface area contributed by atoms with E-state index in [-0.39, 0.29) is 11.3 Å². The van der Waals surface area contributed by atoms with E-state index in [1.165, 1.54) is 23.3 Å². The molecule has 1 amide bonds. The van der Waals surface area contributed by atoms with E-state index in [0.717, 1.165) is 23.5 Å². The van der Waals surface area contributed by atoms with Gasteiger partial charge in [0.1, 0.15) is 0 Å². The van der Waals surface area contributed by atoms with E-state index in [4.69, 9.17) is 5.73 Å². The molecule has 1 fully saturated rings. The van der Waals surface area contributed by atoms with Crippen molar-refractivity contribution in [3.8, 4) is 0 Å². The fraction of sp³-hybridized carbons (Fsp3) is 0.500. The number of carbonyl (C=O) groups is 1. The first-order valence-electron chi connectivity index (χ1n) is 8.76. The van der Waals surface area contributed by atoms with Gasteiger partial charge in [-0.3, -0.25) is 9.69 Å². The molecule has 1 aliphatic heterocycles. The summed E-state index contributed by atoms with van der Waals surface area (Å²) in [7, 11) is 1.72. The first kappa shape index (κ1) is 15.4. The number of carbonyl (C=O) groups excluding carboxylic acids is 1. The van der Waals surface area contributed by atoms with Gasteiger partial charge in [-0.2, -0.15) is 0 Å². The first-order valence-corrected chi connectivity index (χ1v) is 8.76. The van der Waals surface area contributed by atoms with Crippen LogP contribution in [0.25, 0.3) is 6.08 Å². The van der Waals surface area contributed by atoms with Crippen molar-refractivity contribution < 1.29 is 4.79 Å². The average Bonchev–Trinajstić information content (AvgIpc) is 3.31. The Morgan fingerprint density at radius 1 is 1.33 bits per heavy atom. The molecular weight excluding hydrogens is 298 g/mol. The molecule has 1 heterocycles. The van der Waals surface area contributed by atoms with Crippen molar-refractivity contribution in [2.45, 2.75) is 45.1 Å². The van der Waals surface area contributed by atoms with Gasteiger partial charge in [-0.1, -0.05) is 38.1 Å². The van der Waals surface area contributed by atoms with Gasteiger partial charge in [0.2, 0.25) is 0 Å². The van der Waals surface area contributed by atoms with E-state index in [2.05, 4.69) is 49.2 Å². The summed E-state index contributed by atoms with van der Waals surface area (Å²) in [5, 5.41) is 0. The summed E-state index contributed by atoms with van der Waals surface area (Å²) in [6.07, 6.45) is 8.71. The number of allylic oxidation sites excluding steroid dienone is 1. The normalized spacial score (nSPS) is 28.5. The van der Waals surface area contributed by atoms with Gasteiger partial charge >= 0.3 is 0 Å². The summed E-state index contributed by atoms with van der Waals surface area (Å²) in [6.45, 7) is 4.41. The fourth-order valence-electron chi connectivity index (χ4n) is 4.13. The number of hydrogen-bond acceptors (Lipinski definition) is 3. The van der Waals surface area contributed by atoms with Crippen LogP contribution < -0.4 is 5.73 Å². The SMILES string of the molecule is CN1C(=O)C2(CC(C)(C)Cc3ccc(C=CC4CC4)cc32)N=C1N. The number of guanidine groups is 1. The van der Waals surface area contributed by atoms with Crippen LogP contribution in [0.15, 0.2) is 29.3 Å². The topological polar surface area (TPSA) is 58.7 Å². The number of nitrogens with zero attached hydrogens (tertiary/aromatic N) is 2. The molecule has 4 heteroatoms. The van der Waals surface area contributed by atoms with Crippen LogP contribution in [0.5, 0.6) is 0 Å². The quantitative estimate of drug-likeness (QED) is 0.909.